The molecule has 1 aliphatic rings. The van der Waals surface area contributed by atoms with Crippen molar-refractivity contribution in [2.24, 2.45) is 0 Å². The summed E-state index contributed by atoms with van der Waals surface area (Å²) in [6.45, 7) is 1.16. The fourth-order valence-electron chi connectivity index (χ4n) is 2.89. The summed E-state index contributed by atoms with van der Waals surface area (Å²) < 4.78 is 27.4. The average molecular weight is 385 g/mol. The fraction of sp³-hybridized carbons (Fsp3) is 0.294. The molecule has 1 aliphatic heterocycles. The van der Waals surface area contributed by atoms with Gasteiger partial charge in [-0.1, -0.05) is 53.5 Å². The monoisotopic (exact) mass is 384 g/mol. The van der Waals surface area contributed by atoms with Crippen LogP contribution in [0.3, 0.4) is 0 Å². The van der Waals surface area contributed by atoms with Crippen molar-refractivity contribution in [1.82, 2.24) is 10.0 Å². The summed E-state index contributed by atoms with van der Waals surface area (Å²) >= 11 is 11.8. The lowest BCUT2D eigenvalue weighted by Crippen LogP contribution is -2.39. The Bertz CT molecular complexity index is 840. The molecule has 24 heavy (non-hydrogen) atoms. The van der Waals surface area contributed by atoms with E-state index >= 15 is 0 Å². The second kappa shape index (κ2) is 7.42. The van der Waals surface area contributed by atoms with Crippen LogP contribution in [0.25, 0.3) is 0 Å². The van der Waals surface area contributed by atoms with E-state index in [1.807, 2.05) is 18.2 Å². The van der Waals surface area contributed by atoms with E-state index in [0.29, 0.717) is 22.2 Å². The smallest absolute Gasteiger partial charge is 0.215 e. The second-order valence-corrected chi connectivity index (χ2v) is 8.43. The van der Waals surface area contributed by atoms with E-state index in [2.05, 4.69) is 16.1 Å². The summed E-state index contributed by atoms with van der Waals surface area (Å²) in [6.07, 6.45) is 0.961. The summed E-state index contributed by atoms with van der Waals surface area (Å²) in [5, 5.41) is 4.13. The van der Waals surface area contributed by atoms with Gasteiger partial charge in [0, 0.05) is 12.6 Å². The number of hydrogen-bond acceptors (Lipinski definition) is 3. The minimum Gasteiger partial charge on any atom is -0.308 e. The van der Waals surface area contributed by atoms with Crippen LogP contribution < -0.4 is 10.0 Å². The van der Waals surface area contributed by atoms with E-state index in [9.17, 15) is 8.42 Å². The molecule has 0 amide bonds. The molecule has 0 spiro atoms. The first kappa shape index (κ1) is 17.7. The summed E-state index contributed by atoms with van der Waals surface area (Å²) in [5.74, 6) is -0.127. The highest BCUT2D eigenvalue weighted by molar-refractivity contribution is 7.88. The molecule has 0 aromatic heterocycles. The van der Waals surface area contributed by atoms with Crippen molar-refractivity contribution < 1.29 is 8.42 Å². The number of rotatable bonds is 5. The molecule has 0 radical (unpaired) electrons. The SMILES string of the molecule is O=S(=O)(Cc1ccc(Cl)c(Cl)c1)NCC1NCCc2ccccc21. The molecule has 1 heterocycles. The molecular weight excluding hydrogens is 367 g/mol. The largest absolute Gasteiger partial charge is 0.308 e. The van der Waals surface area contributed by atoms with Crippen molar-refractivity contribution in [1.29, 1.82) is 0 Å². The Morgan fingerprint density at radius 2 is 1.92 bits per heavy atom. The van der Waals surface area contributed by atoms with Gasteiger partial charge in [0.1, 0.15) is 0 Å². The molecule has 0 saturated heterocycles. The van der Waals surface area contributed by atoms with Gasteiger partial charge in [-0.2, -0.15) is 0 Å². The van der Waals surface area contributed by atoms with E-state index in [0.717, 1.165) is 18.5 Å². The van der Waals surface area contributed by atoms with Crippen molar-refractivity contribution in [2.75, 3.05) is 13.1 Å². The molecule has 2 aromatic rings. The van der Waals surface area contributed by atoms with Gasteiger partial charge >= 0.3 is 0 Å². The summed E-state index contributed by atoms with van der Waals surface area (Å²) in [5.41, 5.74) is 3.03. The minimum atomic E-state index is -3.46. The van der Waals surface area contributed by atoms with Crippen LogP contribution in [0.4, 0.5) is 0 Å². The molecule has 1 unspecified atom stereocenters. The number of nitrogens with one attached hydrogen (secondary N) is 2. The molecule has 4 nitrogen and oxygen atoms in total. The maximum atomic E-state index is 12.3. The van der Waals surface area contributed by atoms with Crippen molar-refractivity contribution >= 4 is 33.2 Å². The summed E-state index contributed by atoms with van der Waals surface area (Å²) in [7, 11) is -3.46. The van der Waals surface area contributed by atoms with Gasteiger partial charge in [-0.05, 0) is 41.8 Å². The third kappa shape index (κ3) is 4.29. The topological polar surface area (TPSA) is 58.2 Å². The molecule has 2 N–H and O–H groups in total. The highest BCUT2D eigenvalue weighted by atomic mass is 35.5. The van der Waals surface area contributed by atoms with Gasteiger partial charge in [0.05, 0.1) is 15.8 Å². The quantitative estimate of drug-likeness (QED) is 0.831. The normalized spacial score (nSPS) is 17.5. The van der Waals surface area contributed by atoms with Crippen LogP contribution in [0.5, 0.6) is 0 Å². The van der Waals surface area contributed by atoms with Gasteiger partial charge in [0.2, 0.25) is 10.0 Å². The Balaban J connectivity index is 1.66. The second-order valence-electron chi connectivity index (χ2n) is 5.81. The maximum Gasteiger partial charge on any atom is 0.215 e. The standard InChI is InChI=1S/C17H18Cl2N2O2S/c18-15-6-5-12(9-16(15)19)11-24(22,23)21-10-17-14-4-2-1-3-13(14)7-8-20-17/h1-6,9,17,20-21H,7-8,10-11H2. The van der Waals surface area contributed by atoms with E-state index < -0.39 is 10.0 Å². The molecule has 0 fully saturated rings. The Morgan fingerprint density at radius 1 is 1.12 bits per heavy atom. The number of sulfonamides is 1. The van der Waals surface area contributed by atoms with Gasteiger partial charge < -0.3 is 5.32 Å². The number of halogens is 2. The third-order valence-electron chi connectivity index (χ3n) is 4.06. The summed E-state index contributed by atoms with van der Waals surface area (Å²) in [6, 6.07) is 13.0. The van der Waals surface area contributed by atoms with Crippen LogP contribution in [0.1, 0.15) is 22.7 Å². The van der Waals surface area contributed by atoms with Crippen LogP contribution in [0.2, 0.25) is 10.0 Å². The molecule has 2 aromatic carbocycles. The van der Waals surface area contributed by atoms with Gasteiger partial charge in [-0.15, -0.1) is 0 Å². The molecule has 0 bridgehead atoms. The first-order valence-corrected chi connectivity index (χ1v) is 10.1. The number of fused-ring (bicyclic) bond motifs is 1. The van der Waals surface area contributed by atoms with E-state index in [1.54, 1.807) is 18.2 Å². The minimum absolute atomic E-state index is 0.0152. The lowest BCUT2D eigenvalue weighted by atomic mass is 9.95. The molecule has 0 saturated carbocycles. The Labute approximate surface area is 152 Å². The van der Waals surface area contributed by atoms with Crippen molar-refractivity contribution in [2.45, 2.75) is 18.2 Å². The van der Waals surface area contributed by atoms with Gasteiger partial charge in [0.15, 0.2) is 0 Å². The van der Waals surface area contributed by atoms with Crippen molar-refractivity contribution in [3.05, 3.63) is 69.2 Å². The number of benzene rings is 2. The first-order chi connectivity index (χ1) is 11.4. The van der Waals surface area contributed by atoms with Gasteiger partial charge in [0.25, 0.3) is 0 Å². The summed E-state index contributed by atoms with van der Waals surface area (Å²) in [4.78, 5) is 0. The lowest BCUT2D eigenvalue weighted by molar-refractivity contribution is 0.491. The molecule has 3 rings (SSSR count). The van der Waals surface area contributed by atoms with Crippen molar-refractivity contribution in [3.8, 4) is 0 Å². The van der Waals surface area contributed by atoms with E-state index in [4.69, 9.17) is 23.2 Å². The highest BCUT2D eigenvalue weighted by Gasteiger charge is 2.21. The molecule has 7 heteroatoms. The predicted molar refractivity (Wildman–Crippen MR) is 98.0 cm³/mol. The van der Waals surface area contributed by atoms with Crippen LogP contribution >= 0.6 is 23.2 Å². The number of hydrogen-bond donors (Lipinski definition) is 2. The van der Waals surface area contributed by atoms with Gasteiger partial charge in [-0.25, -0.2) is 13.1 Å². The van der Waals surface area contributed by atoms with E-state index in [1.165, 1.54) is 5.56 Å². The Kier molecular flexibility index (Phi) is 5.47. The zero-order valence-electron chi connectivity index (χ0n) is 12.9. The predicted octanol–water partition coefficient (Wildman–Crippen LogP) is 3.30. The van der Waals surface area contributed by atoms with Crippen LogP contribution in [-0.2, 0) is 22.2 Å². The molecule has 0 aliphatic carbocycles. The van der Waals surface area contributed by atoms with E-state index in [-0.39, 0.29) is 11.8 Å². The third-order valence-corrected chi connectivity index (χ3v) is 6.12. The van der Waals surface area contributed by atoms with Crippen molar-refractivity contribution in [3.63, 3.8) is 0 Å². The molecule has 1 atom stereocenters. The molecule has 128 valence electrons. The van der Waals surface area contributed by atoms with Crippen LogP contribution in [-0.4, -0.2) is 21.5 Å². The molecular formula is C17H18Cl2N2O2S. The zero-order chi connectivity index (χ0) is 17.2. The van der Waals surface area contributed by atoms with Crippen LogP contribution in [0.15, 0.2) is 42.5 Å². The highest BCUT2D eigenvalue weighted by Crippen LogP contribution is 2.24. The zero-order valence-corrected chi connectivity index (χ0v) is 15.3. The maximum absolute atomic E-state index is 12.3. The average Bonchev–Trinajstić information content (AvgIpc) is 2.56. The fourth-order valence-corrected chi connectivity index (χ4v) is 4.35. The van der Waals surface area contributed by atoms with Crippen LogP contribution in [0, 0.1) is 0 Å². The Hall–Kier alpha value is -1.11. The Morgan fingerprint density at radius 3 is 2.71 bits per heavy atom. The first-order valence-electron chi connectivity index (χ1n) is 7.67. The van der Waals surface area contributed by atoms with Gasteiger partial charge in [-0.3, -0.25) is 0 Å². The lowest BCUT2D eigenvalue weighted by Gasteiger charge is -2.27.